The lowest BCUT2D eigenvalue weighted by atomic mass is 9.94. The van der Waals surface area contributed by atoms with Crippen molar-refractivity contribution in [3.05, 3.63) is 130 Å². The van der Waals surface area contributed by atoms with Crippen LogP contribution in [0.3, 0.4) is 0 Å². The molecule has 1 heterocycles. The molecule has 1 aliphatic rings. The molecule has 1 amide bonds. The number of hydrogen-bond donors (Lipinski definition) is 1. The molecule has 5 rings (SSSR count). The van der Waals surface area contributed by atoms with Crippen LogP contribution in [-0.4, -0.2) is 16.8 Å². The first-order valence-corrected chi connectivity index (χ1v) is 11.8. The molecule has 1 atom stereocenters. The third-order valence-corrected chi connectivity index (χ3v) is 6.27. The monoisotopic (exact) mass is 495 g/mol. The number of para-hydroxylation sites is 1. The molecule has 5 nitrogen and oxygen atoms in total. The van der Waals surface area contributed by atoms with Crippen LogP contribution in [0.1, 0.15) is 22.7 Å². The van der Waals surface area contributed by atoms with Gasteiger partial charge in [0.1, 0.15) is 17.3 Å². The number of carbonyl (C=O) groups excluding carboxylic acids is 2. The second-order valence-electron chi connectivity index (χ2n) is 8.50. The highest BCUT2D eigenvalue weighted by atomic mass is 35.5. The van der Waals surface area contributed by atoms with E-state index >= 15 is 0 Å². The number of aryl methyl sites for hydroxylation is 1. The van der Waals surface area contributed by atoms with Gasteiger partial charge in [0, 0.05) is 16.3 Å². The molecule has 0 radical (unpaired) electrons. The molecule has 178 valence electrons. The van der Waals surface area contributed by atoms with E-state index in [1.807, 2.05) is 61.5 Å². The van der Waals surface area contributed by atoms with E-state index in [9.17, 15) is 14.7 Å². The summed E-state index contributed by atoms with van der Waals surface area (Å²) < 4.78 is 5.87. The number of carbonyl (C=O) groups is 2. The van der Waals surface area contributed by atoms with E-state index in [-0.39, 0.29) is 11.3 Å². The number of Topliss-reactive ketones (excluding diaryl/α,β-unsaturated/α-hetero) is 1. The first-order valence-electron chi connectivity index (χ1n) is 11.4. The van der Waals surface area contributed by atoms with Gasteiger partial charge in [-0.05, 0) is 73.2 Å². The summed E-state index contributed by atoms with van der Waals surface area (Å²) in [4.78, 5) is 28.0. The van der Waals surface area contributed by atoms with Gasteiger partial charge in [-0.15, -0.1) is 0 Å². The zero-order chi connectivity index (χ0) is 25.2. The fourth-order valence-electron chi connectivity index (χ4n) is 4.32. The molecule has 1 unspecified atom stereocenters. The Morgan fingerprint density at radius 3 is 2.17 bits per heavy atom. The second kappa shape index (κ2) is 9.72. The number of anilines is 1. The highest BCUT2D eigenvalue weighted by molar-refractivity contribution is 6.51. The van der Waals surface area contributed by atoms with Crippen LogP contribution >= 0.6 is 11.6 Å². The number of aliphatic hydroxyl groups is 1. The van der Waals surface area contributed by atoms with Crippen LogP contribution in [0.15, 0.2) is 109 Å². The SMILES string of the molecule is Cc1cccc(C2/C(=C(/O)c3ccc(Cl)cc3)C(=O)C(=O)N2c2ccc(Oc3ccccc3)cc2)c1. The van der Waals surface area contributed by atoms with Crippen molar-refractivity contribution in [3.8, 4) is 11.5 Å². The third kappa shape index (κ3) is 4.49. The van der Waals surface area contributed by atoms with Crippen molar-refractivity contribution in [2.24, 2.45) is 0 Å². The van der Waals surface area contributed by atoms with Crippen LogP contribution in [0.25, 0.3) is 5.76 Å². The second-order valence-corrected chi connectivity index (χ2v) is 8.94. The van der Waals surface area contributed by atoms with Gasteiger partial charge in [-0.3, -0.25) is 14.5 Å². The molecular formula is C30H22ClNO4. The van der Waals surface area contributed by atoms with E-state index < -0.39 is 17.7 Å². The van der Waals surface area contributed by atoms with Gasteiger partial charge in [-0.1, -0.05) is 59.6 Å². The van der Waals surface area contributed by atoms with Gasteiger partial charge in [0.05, 0.1) is 11.6 Å². The standard InChI is InChI=1S/C30H22ClNO4/c1-19-6-5-7-21(18-19)27-26(28(33)20-10-12-22(31)13-11-20)29(34)30(35)32(27)23-14-16-25(17-15-23)36-24-8-3-2-4-9-24/h2-18,27,33H,1H3/b28-26-. The number of aliphatic hydroxyl groups excluding tert-OH is 1. The maximum atomic E-state index is 13.3. The lowest BCUT2D eigenvalue weighted by Gasteiger charge is -2.26. The van der Waals surface area contributed by atoms with E-state index in [2.05, 4.69) is 0 Å². The predicted octanol–water partition coefficient (Wildman–Crippen LogP) is 7.07. The highest BCUT2D eigenvalue weighted by Gasteiger charge is 2.47. The van der Waals surface area contributed by atoms with Gasteiger partial charge in [0.25, 0.3) is 11.7 Å². The van der Waals surface area contributed by atoms with Gasteiger partial charge in [-0.2, -0.15) is 0 Å². The van der Waals surface area contributed by atoms with Crippen LogP contribution in [0.5, 0.6) is 11.5 Å². The molecule has 1 saturated heterocycles. The molecule has 4 aromatic rings. The fourth-order valence-corrected chi connectivity index (χ4v) is 4.44. The first kappa shape index (κ1) is 23.4. The highest BCUT2D eigenvalue weighted by Crippen LogP contribution is 2.42. The summed E-state index contributed by atoms with van der Waals surface area (Å²) in [6.45, 7) is 1.94. The summed E-state index contributed by atoms with van der Waals surface area (Å²) >= 11 is 6.00. The van der Waals surface area contributed by atoms with Crippen molar-refractivity contribution >= 4 is 34.7 Å². The van der Waals surface area contributed by atoms with Gasteiger partial charge >= 0.3 is 0 Å². The molecule has 0 aromatic heterocycles. The maximum Gasteiger partial charge on any atom is 0.300 e. The molecular weight excluding hydrogens is 474 g/mol. The molecule has 1 N–H and O–H groups in total. The summed E-state index contributed by atoms with van der Waals surface area (Å²) in [5.74, 6) is -0.432. The van der Waals surface area contributed by atoms with Crippen molar-refractivity contribution in [2.75, 3.05) is 4.90 Å². The summed E-state index contributed by atoms with van der Waals surface area (Å²) in [5.41, 5.74) is 2.63. The Balaban J connectivity index is 1.59. The predicted molar refractivity (Wildman–Crippen MR) is 140 cm³/mol. The Hall–Kier alpha value is -4.35. The van der Waals surface area contributed by atoms with Gasteiger partial charge in [0.2, 0.25) is 0 Å². The maximum absolute atomic E-state index is 13.3. The Labute approximate surface area is 213 Å². The molecule has 0 bridgehead atoms. The summed E-state index contributed by atoms with van der Waals surface area (Å²) in [5, 5.41) is 11.7. The molecule has 4 aromatic carbocycles. The molecule has 0 aliphatic carbocycles. The van der Waals surface area contributed by atoms with Crippen molar-refractivity contribution in [2.45, 2.75) is 13.0 Å². The molecule has 1 aliphatic heterocycles. The minimum absolute atomic E-state index is 0.0255. The number of nitrogens with zero attached hydrogens (tertiary/aromatic N) is 1. The number of hydrogen-bond acceptors (Lipinski definition) is 4. The van der Waals surface area contributed by atoms with Crippen LogP contribution in [0.2, 0.25) is 5.02 Å². The summed E-state index contributed by atoms with van der Waals surface area (Å²) in [6.07, 6.45) is 0. The van der Waals surface area contributed by atoms with E-state index in [0.717, 1.165) is 5.56 Å². The topological polar surface area (TPSA) is 66.8 Å². The van der Waals surface area contributed by atoms with E-state index in [1.54, 1.807) is 48.5 Å². The lowest BCUT2D eigenvalue weighted by Crippen LogP contribution is -2.29. The van der Waals surface area contributed by atoms with E-state index in [0.29, 0.717) is 33.3 Å². The van der Waals surface area contributed by atoms with Crippen LogP contribution in [0, 0.1) is 6.92 Å². The zero-order valence-electron chi connectivity index (χ0n) is 19.4. The number of ether oxygens (including phenoxy) is 1. The number of rotatable bonds is 5. The quantitative estimate of drug-likeness (QED) is 0.183. The molecule has 36 heavy (non-hydrogen) atoms. The lowest BCUT2D eigenvalue weighted by molar-refractivity contribution is -0.132. The number of halogens is 1. The molecule has 0 saturated carbocycles. The normalized spacial score (nSPS) is 16.8. The molecule has 0 spiro atoms. The minimum Gasteiger partial charge on any atom is -0.507 e. The third-order valence-electron chi connectivity index (χ3n) is 6.01. The van der Waals surface area contributed by atoms with Crippen LogP contribution < -0.4 is 9.64 Å². The number of ketones is 1. The Bertz CT molecular complexity index is 1460. The average Bonchev–Trinajstić information content (AvgIpc) is 3.15. The van der Waals surface area contributed by atoms with Gasteiger partial charge in [0.15, 0.2) is 0 Å². The first-order chi connectivity index (χ1) is 17.4. The van der Waals surface area contributed by atoms with Gasteiger partial charge in [-0.25, -0.2) is 0 Å². The van der Waals surface area contributed by atoms with Gasteiger partial charge < -0.3 is 9.84 Å². The summed E-state index contributed by atoms with van der Waals surface area (Å²) in [7, 11) is 0. The Morgan fingerprint density at radius 1 is 0.833 bits per heavy atom. The Morgan fingerprint density at radius 2 is 1.50 bits per heavy atom. The van der Waals surface area contributed by atoms with E-state index in [1.165, 1.54) is 4.90 Å². The largest absolute Gasteiger partial charge is 0.507 e. The zero-order valence-corrected chi connectivity index (χ0v) is 20.1. The smallest absolute Gasteiger partial charge is 0.300 e. The Kier molecular flexibility index (Phi) is 6.32. The number of amides is 1. The summed E-state index contributed by atoms with van der Waals surface area (Å²) in [6, 6.07) is 29.5. The van der Waals surface area contributed by atoms with Crippen LogP contribution in [0.4, 0.5) is 5.69 Å². The molecule has 6 heteroatoms. The molecule has 1 fully saturated rings. The average molecular weight is 496 g/mol. The van der Waals surface area contributed by atoms with Crippen LogP contribution in [-0.2, 0) is 9.59 Å². The van der Waals surface area contributed by atoms with Crippen molar-refractivity contribution in [1.29, 1.82) is 0 Å². The fraction of sp³-hybridized carbons (Fsp3) is 0.0667. The van der Waals surface area contributed by atoms with Crippen molar-refractivity contribution < 1.29 is 19.4 Å². The van der Waals surface area contributed by atoms with Crippen molar-refractivity contribution in [3.63, 3.8) is 0 Å². The minimum atomic E-state index is -0.804. The number of benzene rings is 4. The van der Waals surface area contributed by atoms with Crippen molar-refractivity contribution in [1.82, 2.24) is 0 Å². The van der Waals surface area contributed by atoms with E-state index in [4.69, 9.17) is 16.3 Å².